The van der Waals surface area contributed by atoms with Crippen LogP contribution in [0.15, 0.2) is 29.2 Å². The number of hydrogen-bond acceptors (Lipinski definition) is 4. The topological polar surface area (TPSA) is 66.8 Å². The van der Waals surface area contributed by atoms with E-state index in [-0.39, 0.29) is 5.91 Å². The maximum absolute atomic E-state index is 12.5. The number of fused-ring (bicyclic) bond motifs is 1. The van der Waals surface area contributed by atoms with Crippen LogP contribution in [0.5, 0.6) is 0 Å². The van der Waals surface area contributed by atoms with Crippen molar-refractivity contribution < 1.29 is 19.4 Å². The SMILES string of the molecule is O=C(O)[C@H]1CC[C@@H](C(=O)N2CCSc3ccccc32)O1. The number of rotatable bonds is 2. The van der Waals surface area contributed by atoms with Crippen LogP contribution in [0.2, 0.25) is 0 Å². The predicted molar refractivity (Wildman–Crippen MR) is 75.0 cm³/mol. The van der Waals surface area contributed by atoms with Gasteiger partial charge in [0.1, 0.15) is 6.10 Å². The van der Waals surface area contributed by atoms with Crippen LogP contribution in [0, 0.1) is 0 Å². The van der Waals surface area contributed by atoms with Crippen LogP contribution >= 0.6 is 11.8 Å². The molecular weight excluding hydrogens is 278 g/mol. The number of amides is 1. The predicted octanol–water partition coefficient (Wildman–Crippen LogP) is 1.76. The highest BCUT2D eigenvalue weighted by atomic mass is 32.2. The number of carboxylic acids is 1. The molecule has 0 aromatic heterocycles. The number of carbonyl (C=O) groups is 2. The van der Waals surface area contributed by atoms with Crippen LogP contribution in [-0.4, -0.2) is 41.5 Å². The Morgan fingerprint density at radius 2 is 2.00 bits per heavy atom. The minimum absolute atomic E-state index is 0.124. The first kappa shape index (κ1) is 13.5. The molecule has 2 heterocycles. The number of aliphatic carboxylic acids is 1. The van der Waals surface area contributed by atoms with E-state index in [4.69, 9.17) is 9.84 Å². The van der Waals surface area contributed by atoms with Crippen LogP contribution in [0.1, 0.15) is 12.8 Å². The Balaban J connectivity index is 1.78. The molecule has 0 radical (unpaired) electrons. The molecule has 0 spiro atoms. The summed E-state index contributed by atoms with van der Waals surface area (Å²) in [6, 6.07) is 7.77. The van der Waals surface area contributed by atoms with Gasteiger partial charge in [0.05, 0.1) is 5.69 Å². The van der Waals surface area contributed by atoms with Crippen molar-refractivity contribution in [2.75, 3.05) is 17.2 Å². The number of para-hydroxylation sites is 1. The smallest absolute Gasteiger partial charge is 0.332 e. The van der Waals surface area contributed by atoms with Gasteiger partial charge in [-0.2, -0.15) is 0 Å². The highest BCUT2D eigenvalue weighted by molar-refractivity contribution is 7.99. The third-order valence-electron chi connectivity index (χ3n) is 3.56. The second kappa shape index (κ2) is 5.46. The minimum atomic E-state index is -0.991. The Morgan fingerprint density at radius 1 is 1.25 bits per heavy atom. The average Bonchev–Trinajstić information content (AvgIpc) is 2.96. The molecule has 2 aliphatic heterocycles. The molecule has 0 unspecified atom stereocenters. The van der Waals surface area contributed by atoms with Crippen LogP contribution in [-0.2, 0) is 14.3 Å². The number of ether oxygens (including phenoxy) is 1. The first-order chi connectivity index (χ1) is 9.66. The van der Waals surface area contributed by atoms with E-state index in [1.54, 1.807) is 16.7 Å². The maximum Gasteiger partial charge on any atom is 0.332 e. The molecule has 1 fully saturated rings. The number of benzene rings is 1. The number of thioether (sulfide) groups is 1. The summed E-state index contributed by atoms with van der Waals surface area (Å²) in [5.74, 6) is -0.269. The van der Waals surface area contributed by atoms with Crippen molar-refractivity contribution in [1.29, 1.82) is 0 Å². The minimum Gasteiger partial charge on any atom is -0.479 e. The van der Waals surface area contributed by atoms with E-state index in [1.807, 2.05) is 24.3 Å². The third-order valence-corrected chi connectivity index (χ3v) is 4.61. The van der Waals surface area contributed by atoms with E-state index in [2.05, 4.69) is 0 Å². The zero-order valence-electron chi connectivity index (χ0n) is 10.8. The van der Waals surface area contributed by atoms with Gasteiger partial charge in [0.2, 0.25) is 0 Å². The lowest BCUT2D eigenvalue weighted by molar-refractivity contribution is -0.151. The molecule has 1 N–H and O–H groups in total. The standard InChI is InChI=1S/C14H15NO4S/c16-13(10-5-6-11(19-10)14(17)18)15-7-8-20-12-4-2-1-3-9(12)15/h1-4,10-11H,5-8H2,(H,17,18)/t10-,11+/m0/s1. The Bertz CT molecular complexity index is 548. The molecule has 0 bridgehead atoms. The lowest BCUT2D eigenvalue weighted by Gasteiger charge is -2.30. The van der Waals surface area contributed by atoms with Crippen molar-refractivity contribution in [3.05, 3.63) is 24.3 Å². The fourth-order valence-corrected chi connectivity index (χ4v) is 3.57. The summed E-state index contributed by atoms with van der Waals surface area (Å²) >= 11 is 1.73. The average molecular weight is 293 g/mol. The fourth-order valence-electron chi connectivity index (χ4n) is 2.57. The zero-order valence-corrected chi connectivity index (χ0v) is 11.6. The number of carbonyl (C=O) groups excluding carboxylic acids is 1. The Kier molecular flexibility index (Phi) is 3.67. The lowest BCUT2D eigenvalue weighted by atomic mass is 10.1. The zero-order chi connectivity index (χ0) is 14.1. The summed E-state index contributed by atoms with van der Waals surface area (Å²) in [5.41, 5.74) is 0.899. The van der Waals surface area contributed by atoms with Gasteiger partial charge in [0.25, 0.3) is 5.91 Å². The van der Waals surface area contributed by atoms with Crippen molar-refractivity contribution in [2.24, 2.45) is 0 Å². The summed E-state index contributed by atoms with van der Waals surface area (Å²) in [6.07, 6.45) is -0.608. The highest BCUT2D eigenvalue weighted by Crippen LogP contribution is 2.35. The molecule has 1 amide bonds. The summed E-state index contributed by atoms with van der Waals surface area (Å²) in [4.78, 5) is 26.2. The molecule has 1 saturated heterocycles. The van der Waals surface area contributed by atoms with E-state index >= 15 is 0 Å². The van der Waals surface area contributed by atoms with Crippen molar-refractivity contribution in [2.45, 2.75) is 29.9 Å². The summed E-state index contributed by atoms with van der Waals surface area (Å²) in [5, 5.41) is 8.93. The quantitative estimate of drug-likeness (QED) is 0.900. The third kappa shape index (κ3) is 2.41. The van der Waals surface area contributed by atoms with Gasteiger partial charge in [0.15, 0.2) is 6.10 Å². The van der Waals surface area contributed by atoms with E-state index in [1.165, 1.54) is 0 Å². The summed E-state index contributed by atoms with van der Waals surface area (Å²) in [6.45, 7) is 0.637. The molecular formula is C14H15NO4S. The van der Waals surface area contributed by atoms with E-state index in [9.17, 15) is 9.59 Å². The molecule has 106 valence electrons. The van der Waals surface area contributed by atoms with E-state index < -0.39 is 18.2 Å². The Labute approximate surface area is 120 Å². The summed E-state index contributed by atoms with van der Waals surface area (Å²) < 4.78 is 5.36. The largest absolute Gasteiger partial charge is 0.479 e. The second-order valence-corrected chi connectivity index (χ2v) is 5.97. The van der Waals surface area contributed by atoms with Gasteiger partial charge >= 0.3 is 5.97 Å². The molecule has 1 aromatic carbocycles. The van der Waals surface area contributed by atoms with Gasteiger partial charge in [-0.15, -0.1) is 11.8 Å². The van der Waals surface area contributed by atoms with Gasteiger partial charge in [-0.25, -0.2) is 4.79 Å². The first-order valence-corrected chi connectivity index (χ1v) is 7.57. The molecule has 5 nitrogen and oxygen atoms in total. The van der Waals surface area contributed by atoms with Gasteiger partial charge in [-0.05, 0) is 25.0 Å². The van der Waals surface area contributed by atoms with Gasteiger partial charge in [-0.3, -0.25) is 4.79 Å². The van der Waals surface area contributed by atoms with Crippen molar-refractivity contribution >= 4 is 29.3 Å². The Morgan fingerprint density at radius 3 is 2.75 bits per heavy atom. The molecule has 0 aliphatic carbocycles. The highest BCUT2D eigenvalue weighted by Gasteiger charge is 2.38. The van der Waals surface area contributed by atoms with Crippen molar-refractivity contribution in [1.82, 2.24) is 0 Å². The van der Waals surface area contributed by atoms with Crippen LogP contribution in [0.25, 0.3) is 0 Å². The number of carboxylic acid groups (broad SMARTS) is 1. The van der Waals surface area contributed by atoms with Gasteiger partial charge in [0, 0.05) is 17.2 Å². The number of hydrogen-bond donors (Lipinski definition) is 1. The lowest BCUT2D eigenvalue weighted by Crippen LogP contribution is -2.42. The van der Waals surface area contributed by atoms with E-state index in [0.717, 1.165) is 16.3 Å². The van der Waals surface area contributed by atoms with Gasteiger partial charge < -0.3 is 14.7 Å². The first-order valence-electron chi connectivity index (χ1n) is 6.58. The molecule has 2 atom stereocenters. The molecule has 6 heteroatoms. The van der Waals surface area contributed by atoms with Crippen molar-refractivity contribution in [3.63, 3.8) is 0 Å². The maximum atomic E-state index is 12.5. The number of anilines is 1. The number of nitrogens with zero attached hydrogens (tertiary/aromatic N) is 1. The van der Waals surface area contributed by atoms with Crippen LogP contribution in [0.4, 0.5) is 5.69 Å². The summed E-state index contributed by atoms with van der Waals surface area (Å²) in [7, 11) is 0. The van der Waals surface area contributed by atoms with E-state index in [0.29, 0.717) is 19.4 Å². The van der Waals surface area contributed by atoms with Crippen molar-refractivity contribution in [3.8, 4) is 0 Å². The second-order valence-electron chi connectivity index (χ2n) is 4.84. The monoisotopic (exact) mass is 293 g/mol. The van der Waals surface area contributed by atoms with Crippen LogP contribution < -0.4 is 4.90 Å². The molecule has 0 saturated carbocycles. The van der Waals surface area contributed by atoms with Crippen LogP contribution in [0.3, 0.4) is 0 Å². The molecule has 2 aliphatic rings. The van der Waals surface area contributed by atoms with Gasteiger partial charge in [-0.1, -0.05) is 12.1 Å². The molecule has 1 aromatic rings. The molecule has 3 rings (SSSR count). The fraction of sp³-hybridized carbons (Fsp3) is 0.429. The Hall–Kier alpha value is -1.53. The normalized spacial score (nSPS) is 25.3. The molecule has 20 heavy (non-hydrogen) atoms.